The zero-order valence-electron chi connectivity index (χ0n) is 12.3. The maximum Gasteiger partial charge on any atom is 0.233 e. The number of hydrogen-bond donors (Lipinski definition) is 3. The van der Waals surface area contributed by atoms with Gasteiger partial charge in [-0.25, -0.2) is 0 Å². The molecule has 2 atom stereocenters. The average Bonchev–Trinajstić information content (AvgIpc) is 2.93. The van der Waals surface area contributed by atoms with Crippen LogP contribution in [-0.4, -0.2) is 36.2 Å². The van der Waals surface area contributed by atoms with E-state index in [4.69, 9.17) is 0 Å². The average molecular weight is 307 g/mol. The summed E-state index contributed by atoms with van der Waals surface area (Å²) in [6.45, 7) is 5.21. The molecule has 1 aliphatic heterocycles. The van der Waals surface area contributed by atoms with Crippen LogP contribution in [0.5, 0.6) is 0 Å². The molecule has 2 unspecified atom stereocenters. The van der Waals surface area contributed by atoms with Gasteiger partial charge in [-0.15, -0.1) is 11.8 Å². The van der Waals surface area contributed by atoms with E-state index in [0.29, 0.717) is 0 Å². The van der Waals surface area contributed by atoms with Gasteiger partial charge in [0.2, 0.25) is 11.8 Å². The van der Waals surface area contributed by atoms with E-state index < -0.39 is 0 Å². The minimum absolute atomic E-state index is 0.0691. The lowest BCUT2D eigenvalue weighted by Gasteiger charge is -2.16. The first-order chi connectivity index (χ1) is 10.0. The molecule has 0 spiro atoms. The quantitative estimate of drug-likeness (QED) is 0.723. The molecule has 5 nitrogen and oxygen atoms in total. The highest BCUT2D eigenvalue weighted by Gasteiger charge is 2.20. The Balaban J connectivity index is 1.84. The number of carbonyl (C=O) groups is 2. The van der Waals surface area contributed by atoms with Crippen LogP contribution >= 0.6 is 11.8 Å². The molecule has 1 aromatic carbocycles. The highest BCUT2D eigenvalue weighted by Crippen LogP contribution is 2.25. The van der Waals surface area contributed by atoms with Crippen LogP contribution in [0.1, 0.15) is 20.3 Å². The first-order valence-corrected chi connectivity index (χ1v) is 7.98. The van der Waals surface area contributed by atoms with E-state index >= 15 is 0 Å². The predicted octanol–water partition coefficient (Wildman–Crippen LogP) is 1.60. The summed E-state index contributed by atoms with van der Waals surface area (Å²) >= 11 is 1.52. The van der Waals surface area contributed by atoms with Crippen molar-refractivity contribution in [3.8, 4) is 0 Å². The Labute approximate surface area is 129 Å². The number of thioether (sulfide) groups is 1. The molecule has 0 aliphatic carbocycles. The summed E-state index contributed by atoms with van der Waals surface area (Å²) < 4.78 is 0. The first-order valence-electron chi connectivity index (χ1n) is 7.10. The van der Waals surface area contributed by atoms with Crippen molar-refractivity contribution in [2.75, 3.05) is 18.4 Å². The minimum Gasteiger partial charge on any atom is -0.351 e. The van der Waals surface area contributed by atoms with Crippen molar-refractivity contribution in [1.82, 2.24) is 10.6 Å². The molecule has 0 bridgehead atoms. The fourth-order valence-corrected chi connectivity index (χ4v) is 3.05. The Bertz CT molecular complexity index is 498. The zero-order chi connectivity index (χ0) is 15.2. The first kappa shape index (κ1) is 15.9. The van der Waals surface area contributed by atoms with Crippen LogP contribution in [0.2, 0.25) is 0 Å². The van der Waals surface area contributed by atoms with E-state index in [9.17, 15) is 9.59 Å². The number of nitrogens with one attached hydrogen (secondary N) is 3. The Morgan fingerprint density at radius 1 is 1.33 bits per heavy atom. The van der Waals surface area contributed by atoms with Crippen LogP contribution in [0.15, 0.2) is 29.2 Å². The lowest BCUT2D eigenvalue weighted by atomic mass is 10.2. The third-order valence-electron chi connectivity index (χ3n) is 3.26. The highest BCUT2D eigenvalue weighted by atomic mass is 32.2. The van der Waals surface area contributed by atoms with Crippen LogP contribution in [0.3, 0.4) is 0 Å². The Hall–Kier alpha value is -1.53. The van der Waals surface area contributed by atoms with E-state index in [2.05, 4.69) is 16.0 Å². The fraction of sp³-hybridized carbons (Fsp3) is 0.467. The number of amides is 2. The standard InChI is InChI=1S/C15H21N3O2S/c1-10(15(20)18-13-7-8-16-9-13)21-14-5-3-12(4-6-14)17-11(2)19/h3-6,10,13,16H,7-9H2,1-2H3,(H,17,19)(H,18,20). The fourth-order valence-electron chi connectivity index (χ4n) is 2.17. The van der Waals surface area contributed by atoms with Gasteiger partial charge in [0.05, 0.1) is 5.25 Å². The molecule has 1 fully saturated rings. The number of benzene rings is 1. The molecule has 1 aromatic rings. The maximum absolute atomic E-state index is 12.1. The summed E-state index contributed by atoms with van der Waals surface area (Å²) in [5, 5.41) is 8.87. The summed E-state index contributed by atoms with van der Waals surface area (Å²) in [4.78, 5) is 24.1. The smallest absolute Gasteiger partial charge is 0.233 e. The third kappa shape index (κ3) is 5.06. The van der Waals surface area contributed by atoms with Gasteiger partial charge in [0, 0.05) is 30.1 Å². The molecule has 0 aromatic heterocycles. The Morgan fingerprint density at radius 3 is 2.62 bits per heavy atom. The van der Waals surface area contributed by atoms with Gasteiger partial charge >= 0.3 is 0 Å². The molecule has 0 saturated carbocycles. The summed E-state index contributed by atoms with van der Waals surface area (Å²) in [5.41, 5.74) is 0.765. The van der Waals surface area contributed by atoms with Gasteiger partial charge in [0.25, 0.3) is 0 Å². The van der Waals surface area contributed by atoms with Gasteiger partial charge in [-0.2, -0.15) is 0 Å². The molecule has 114 valence electrons. The summed E-state index contributed by atoms with van der Waals surface area (Å²) in [7, 11) is 0. The van der Waals surface area contributed by atoms with Crippen LogP contribution in [0.4, 0.5) is 5.69 Å². The van der Waals surface area contributed by atoms with Gasteiger partial charge in [0.15, 0.2) is 0 Å². The molecular formula is C15H21N3O2S. The second-order valence-electron chi connectivity index (χ2n) is 5.16. The van der Waals surface area contributed by atoms with Crippen molar-refractivity contribution < 1.29 is 9.59 Å². The number of carbonyl (C=O) groups excluding carboxylic acids is 2. The zero-order valence-corrected chi connectivity index (χ0v) is 13.1. The summed E-state index contributed by atoms with van der Waals surface area (Å²) in [6, 6.07) is 7.76. The molecule has 0 radical (unpaired) electrons. The molecule has 2 rings (SSSR count). The molecular weight excluding hydrogens is 286 g/mol. The number of hydrogen-bond acceptors (Lipinski definition) is 4. The van der Waals surface area contributed by atoms with Crippen LogP contribution < -0.4 is 16.0 Å². The van der Waals surface area contributed by atoms with Crippen molar-refractivity contribution in [2.45, 2.75) is 36.5 Å². The van der Waals surface area contributed by atoms with Gasteiger partial charge in [-0.3, -0.25) is 9.59 Å². The molecule has 3 N–H and O–H groups in total. The molecule has 1 aliphatic rings. The lowest BCUT2D eigenvalue weighted by Crippen LogP contribution is -2.40. The molecule has 2 amide bonds. The lowest BCUT2D eigenvalue weighted by molar-refractivity contribution is -0.121. The van der Waals surface area contributed by atoms with E-state index in [1.165, 1.54) is 18.7 Å². The largest absolute Gasteiger partial charge is 0.351 e. The van der Waals surface area contributed by atoms with Gasteiger partial charge in [-0.05, 0) is 44.2 Å². The van der Waals surface area contributed by atoms with E-state index in [1.807, 2.05) is 31.2 Å². The van der Waals surface area contributed by atoms with Crippen molar-refractivity contribution in [1.29, 1.82) is 0 Å². The Morgan fingerprint density at radius 2 is 2.05 bits per heavy atom. The SMILES string of the molecule is CC(=O)Nc1ccc(SC(C)C(=O)NC2CCNC2)cc1. The van der Waals surface area contributed by atoms with Gasteiger partial charge in [0.1, 0.15) is 0 Å². The number of rotatable bonds is 5. The van der Waals surface area contributed by atoms with Crippen molar-refractivity contribution >= 4 is 29.3 Å². The second-order valence-corrected chi connectivity index (χ2v) is 6.58. The molecule has 6 heteroatoms. The predicted molar refractivity (Wildman–Crippen MR) is 85.5 cm³/mol. The Kier molecular flexibility index (Phi) is 5.64. The monoisotopic (exact) mass is 307 g/mol. The third-order valence-corrected chi connectivity index (χ3v) is 4.38. The van der Waals surface area contributed by atoms with E-state index in [0.717, 1.165) is 30.1 Å². The summed E-state index contributed by atoms with van der Waals surface area (Å²) in [5.74, 6) is -0.0204. The normalized spacial score (nSPS) is 19.0. The minimum atomic E-state index is -0.141. The van der Waals surface area contributed by atoms with Gasteiger partial charge in [-0.1, -0.05) is 0 Å². The highest BCUT2D eigenvalue weighted by molar-refractivity contribution is 8.00. The second kappa shape index (κ2) is 7.47. The maximum atomic E-state index is 12.1. The van der Waals surface area contributed by atoms with Crippen LogP contribution in [-0.2, 0) is 9.59 Å². The van der Waals surface area contributed by atoms with Crippen LogP contribution in [0, 0.1) is 0 Å². The topological polar surface area (TPSA) is 70.2 Å². The van der Waals surface area contributed by atoms with Crippen molar-refractivity contribution in [3.05, 3.63) is 24.3 Å². The van der Waals surface area contributed by atoms with Crippen molar-refractivity contribution in [3.63, 3.8) is 0 Å². The molecule has 1 heterocycles. The molecule has 21 heavy (non-hydrogen) atoms. The van der Waals surface area contributed by atoms with Crippen molar-refractivity contribution in [2.24, 2.45) is 0 Å². The summed E-state index contributed by atoms with van der Waals surface area (Å²) in [6.07, 6.45) is 0.995. The van der Waals surface area contributed by atoms with E-state index in [1.54, 1.807) is 0 Å². The number of anilines is 1. The van der Waals surface area contributed by atoms with Crippen LogP contribution in [0.25, 0.3) is 0 Å². The molecule has 1 saturated heterocycles. The van der Waals surface area contributed by atoms with Gasteiger partial charge < -0.3 is 16.0 Å². The van der Waals surface area contributed by atoms with E-state index in [-0.39, 0.29) is 23.1 Å².